The lowest BCUT2D eigenvalue weighted by molar-refractivity contribution is 0.0209. The zero-order valence-electron chi connectivity index (χ0n) is 15.4. The maximum absolute atomic E-state index is 12.6. The van der Waals surface area contributed by atoms with Gasteiger partial charge >= 0.3 is 0 Å². The van der Waals surface area contributed by atoms with Gasteiger partial charge in [-0.1, -0.05) is 13.3 Å². The molecule has 0 atom stereocenters. The van der Waals surface area contributed by atoms with Gasteiger partial charge in [-0.15, -0.1) is 0 Å². The summed E-state index contributed by atoms with van der Waals surface area (Å²) in [6.07, 6.45) is 8.24. The van der Waals surface area contributed by atoms with Crippen molar-refractivity contribution in [2.45, 2.75) is 71.4 Å². The Kier molecular flexibility index (Phi) is 5.68. The first kappa shape index (κ1) is 17.9. The smallest absolute Gasteiger partial charge is 0.274 e. The molecule has 1 N–H and O–H groups in total. The molecule has 2 heterocycles. The van der Waals surface area contributed by atoms with Crippen LogP contribution < -0.4 is 5.32 Å². The van der Waals surface area contributed by atoms with Crippen LogP contribution in [0.2, 0.25) is 0 Å². The van der Waals surface area contributed by atoms with Crippen LogP contribution in [0.4, 0.5) is 0 Å². The third-order valence-corrected chi connectivity index (χ3v) is 4.90. The minimum absolute atomic E-state index is 0.129. The number of fused-ring (bicyclic) bond motifs is 1. The number of ether oxygens (including phenoxy) is 1. The molecule has 2 aromatic rings. The molecule has 0 aliphatic heterocycles. The Labute approximate surface area is 149 Å². The molecule has 0 spiro atoms. The number of nitrogens with zero attached hydrogens (tertiary/aromatic N) is 3. The Bertz CT molecular complexity index is 732. The highest BCUT2D eigenvalue weighted by Gasteiger charge is 2.25. The van der Waals surface area contributed by atoms with Crippen LogP contribution in [-0.4, -0.2) is 39.0 Å². The molecule has 2 aromatic heterocycles. The molecule has 136 valence electrons. The van der Waals surface area contributed by atoms with Crippen molar-refractivity contribution < 1.29 is 9.53 Å². The van der Waals surface area contributed by atoms with Crippen molar-refractivity contribution in [1.29, 1.82) is 0 Å². The lowest BCUT2D eigenvalue weighted by Gasteiger charge is -2.29. The molecule has 0 aromatic carbocycles. The first-order chi connectivity index (χ1) is 12.1. The van der Waals surface area contributed by atoms with E-state index >= 15 is 0 Å². The van der Waals surface area contributed by atoms with Crippen LogP contribution in [0, 0.1) is 13.8 Å². The SMILES string of the molecule is CCCCO[C@H]1CC[C@@H](NC(=O)c2ncn3c(C)cc(C)nc23)CC1. The number of nitrogens with one attached hydrogen (secondary N) is 1. The number of unbranched alkanes of at least 4 members (excludes halogenated alkanes) is 1. The Hall–Kier alpha value is -1.95. The van der Waals surface area contributed by atoms with E-state index in [-0.39, 0.29) is 11.9 Å². The van der Waals surface area contributed by atoms with Gasteiger partial charge in [0.2, 0.25) is 0 Å². The third-order valence-electron chi connectivity index (χ3n) is 4.90. The van der Waals surface area contributed by atoms with Gasteiger partial charge in [0.1, 0.15) is 6.33 Å². The molecular formula is C19H28N4O2. The highest BCUT2D eigenvalue weighted by molar-refractivity contribution is 5.98. The molecule has 1 amide bonds. The number of imidazole rings is 1. The summed E-state index contributed by atoms with van der Waals surface area (Å²) < 4.78 is 7.76. The highest BCUT2D eigenvalue weighted by atomic mass is 16.5. The molecule has 1 saturated carbocycles. The van der Waals surface area contributed by atoms with Gasteiger partial charge in [0.25, 0.3) is 5.91 Å². The number of carbonyl (C=O) groups excluding carboxylic acids is 1. The normalized spacial score (nSPS) is 20.8. The highest BCUT2D eigenvalue weighted by Crippen LogP contribution is 2.22. The van der Waals surface area contributed by atoms with Crippen LogP contribution in [0.3, 0.4) is 0 Å². The van der Waals surface area contributed by atoms with E-state index in [1.54, 1.807) is 6.33 Å². The van der Waals surface area contributed by atoms with E-state index in [1.165, 1.54) is 0 Å². The summed E-state index contributed by atoms with van der Waals surface area (Å²) in [4.78, 5) is 21.4. The van der Waals surface area contributed by atoms with E-state index in [4.69, 9.17) is 4.74 Å². The standard InChI is InChI=1S/C19H28N4O2/c1-4-5-10-25-16-8-6-15(7-9-16)22-19(24)17-18-21-13(2)11-14(3)23(18)12-20-17/h11-12,15-16H,4-10H2,1-3H3,(H,22,24)/t15-,16+. The number of hydrogen-bond acceptors (Lipinski definition) is 4. The fourth-order valence-corrected chi connectivity index (χ4v) is 3.46. The van der Waals surface area contributed by atoms with Crippen molar-refractivity contribution in [2.75, 3.05) is 6.61 Å². The van der Waals surface area contributed by atoms with Crippen LogP contribution in [-0.2, 0) is 4.74 Å². The molecule has 6 nitrogen and oxygen atoms in total. The Morgan fingerprint density at radius 2 is 2.08 bits per heavy atom. The predicted octanol–water partition coefficient (Wildman–Crippen LogP) is 3.20. The monoisotopic (exact) mass is 344 g/mol. The minimum atomic E-state index is -0.129. The average Bonchev–Trinajstić information content (AvgIpc) is 3.01. The topological polar surface area (TPSA) is 68.5 Å². The third kappa shape index (κ3) is 4.18. The molecule has 0 unspecified atom stereocenters. The molecule has 3 rings (SSSR count). The number of aromatic nitrogens is 3. The van der Waals surface area contributed by atoms with Gasteiger partial charge < -0.3 is 10.1 Å². The van der Waals surface area contributed by atoms with Crippen molar-refractivity contribution in [3.05, 3.63) is 29.5 Å². The van der Waals surface area contributed by atoms with Crippen molar-refractivity contribution in [3.8, 4) is 0 Å². The molecule has 0 radical (unpaired) electrons. The summed E-state index contributed by atoms with van der Waals surface area (Å²) in [5, 5.41) is 3.13. The second-order valence-corrected chi connectivity index (χ2v) is 7.00. The zero-order valence-corrected chi connectivity index (χ0v) is 15.4. The van der Waals surface area contributed by atoms with E-state index < -0.39 is 0 Å². The van der Waals surface area contributed by atoms with Crippen LogP contribution in [0.15, 0.2) is 12.4 Å². The van der Waals surface area contributed by atoms with Gasteiger partial charge in [-0.2, -0.15) is 0 Å². The summed E-state index contributed by atoms with van der Waals surface area (Å²) in [7, 11) is 0. The summed E-state index contributed by atoms with van der Waals surface area (Å²) in [5.41, 5.74) is 2.96. The molecule has 25 heavy (non-hydrogen) atoms. The second-order valence-electron chi connectivity index (χ2n) is 7.00. The largest absolute Gasteiger partial charge is 0.378 e. The Morgan fingerprint density at radius 1 is 1.32 bits per heavy atom. The maximum atomic E-state index is 12.6. The van der Waals surface area contributed by atoms with Crippen molar-refractivity contribution >= 4 is 11.6 Å². The molecule has 0 saturated heterocycles. The van der Waals surface area contributed by atoms with E-state index in [0.29, 0.717) is 17.4 Å². The lowest BCUT2D eigenvalue weighted by atomic mass is 9.93. The van der Waals surface area contributed by atoms with Crippen molar-refractivity contribution in [3.63, 3.8) is 0 Å². The minimum Gasteiger partial charge on any atom is -0.378 e. The van der Waals surface area contributed by atoms with Gasteiger partial charge in [0.05, 0.1) is 6.10 Å². The summed E-state index contributed by atoms with van der Waals surface area (Å²) in [6, 6.07) is 2.18. The Morgan fingerprint density at radius 3 is 2.80 bits per heavy atom. The lowest BCUT2D eigenvalue weighted by Crippen LogP contribution is -2.39. The van der Waals surface area contributed by atoms with Gasteiger partial charge in [-0.05, 0) is 52.0 Å². The summed E-state index contributed by atoms with van der Waals surface area (Å²) in [6.45, 7) is 6.95. The first-order valence-corrected chi connectivity index (χ1v) is 9.32. The maximum Gasteiger partial charge on any atom is 0.274 e. The fraction of sp³-hybridized carbons (Fsp3) is 0.632. The zero-order chi connectivity index (χ0) is 17.8. The van der Waals surface area contributed by atoms with Crippen molar-refractivity contribution in [2.24, 2.45) is 0 Å². The quantitative estimate of drug-likeness (QED) is 0.817. The predicted molar refractivity (Wildman–Crippen MR) is 96.8 cm³/mol. The van der Waals surface area contributed by atoms with Crippen molar-refractivity contribution in [1.82, 2.24) is 19.7 Å². The molecule has 1 fully saturated rings. The average molecular weight is 344 g/mol. The second kappa shape index (κ2) is 7.95. The number of hydrogen-bond donors (Lipinski definition) is 1. The Balaban J connectivity index is 1.59. The van der Waals surface area contributed by atoms with E-state index in [0.717, 1.165) is 56.5 Å². The van der Waals surface area contributed by atoms with E-state index in [2.05, 4.69) is 22.2 Å². The summed E-state index contributed by atoms with van der Waals surface area (Å²) >= 11 is 0. The summed E-state index contributed by atoms with van der Waals surface area (Å²) in [5.74, 6) is -0.129. The molecule has 1 aliphatic carbocycles. The van der Waals surface area contributed by atoms with Gasteiger partial charge in [0, 0.05) is 24.0 Å². The first-order valence-electron chi connectivity index (χ1n) is 9.32. The molecule has 0 bridgehead atoms. The fourth-order valence-electron chi connectivity index (χ4n) is 3.46. The number of rotatable bonds is 6. The van der Waals surface area contributed by atoms with Gasteiger partial charge in [-0.25, -0.2) is 9.97 Å². The van der Waals surface area contributed by atoms with Crippen LogP contribution in [0.25, 0.3) is 5.65 Å². The number of carbonyl (C=O) groups is 1. The van der Waals surface area contributed by atoms with Crippen LogP contribution in [0.5, 0.6) is 0 Å². The number of aryl methyl sites for hydroxylation is 2. The molecular weight excluding hydrogens is 316 g/mol. The molecule has 6 heteroatoms. The van der Waals surface area contributed by atoms with Gasteiger partial charge in [-0.3, -0.25) is 9.20 Å². The molecule has 1 aliphatic rings. The van der Waals surface area contributed by atoms with Crippen LogP contribution >= 0.6 is 0 Å². The van der Waals surface area contributed by atoms with Gasteiger partial charge in [0.15, 0.2) is 11.3 Å². The van der Waals surface area contributed by atoms with E-state index in [1.807, 2.05) is 24.3 Å². The van der Waals surface area contributed by atoms with E-state index in [9.17, 15) is 4.79 Å². The van der Waals surface area contributed by atoms with Crippen LogP contribution in [0.1, 0.15) is 67.3 Å². The number of amides is 1.